The summed E-state index contributed by atoms with van der Waals surface area (Å²) in [6.45, 7) is 5.82. The third-order valence-corrected chi connectivity index (χ3v) is 5.68. The summed E-state index contributed by atoms with van der Waals surface area (Å²) in [5.74, 6) is 3.08. The number of nitrogens with zero attached hydrogens (tertiary/aromatic N) is 5. The third-order valence-electron chi connectivity index (χ3n) is 5.68. The van der Waals surface area contributed by atoms with E-state index in [0.29, 0.717) is 0 Å². The molecule has 1 atom stereocenters. The zero-order valence-electron chi connectivity index (χ0n) is 16.1. The molecule has 7 nitrogen and oxygen atoms in total. The predicted octanol–water partition coefficient (Wildman–Crippen LogP) is 2.03. The van der Waals surface area contributed by atoms with Crippen LogP contribution in [0, 0.1) is 0 Å². The Morgan fingerprint density at radius 1 is 1.22 bits per heavy atom. The molecule has 2 aromatic rings. The van der Waals surface area contributed by atoms with E-state index in [1.807, 2.05) is 17.0 Å². The van der Waals surface area contributed by atoms with Gasteiger partial charge in [0.15, 0.2) is 0 Å². The first-order valence-electron chi connectivity index (χ1n) is 9.70. The van der Waals surface area contributed by atoms with Gasteiger partial charge in [-0.15, -0.1) is 10.2 Å². The number of fused-ring (bicyclic) bond motifs is 1. The van der Waals surface area contributed by atoms with Gasteiger partial charge in [0.2, 0.25) is 5.91 Å². The molecule has 1 amide bonds. The maximum Gasteiger partial charge on any atom is 0.219 e. The summed E-state index contributed by atoms with van der Waals surface area (Å²) < 4.78 is 7.61. The van der Waals surface area contributed by atoms with Crippen molar-refractivity contribution in [3.63, 3.8) is 0 Å². The monoisotopic (exact) mass is 369 g/mol. The highest BCUT2D eigenvalue weighted by atomic mass is 16.5. The second-order valence-electron chi connectivity index (χ2n) is 7.36. The van der Waals surface area contributed by atoms with Gasteiger partial charge in [0.25, 0.3) is 0 Å². The van der Waals surface area contributed by atoms with Crippen molar-refractivity contribution in [1.82, 2.24) is 24.6 Å². The molecule has 3 heterocycles. The number of amides is 1. The van der Waals surface area contributed by atoms with Gasteiger partial charge in [-0.1, -0.05) is 12.1 Å². The van der Waals surface area contributed by atoms with E-state index in [9.17, 15) is 4.79 Å². The Morgan fingerprint density at radius 3 is 2.93 bits per heavy atom. The lowest BCUT2D eigenvalue weighted by Crippen LogP contribution is -2.32. The van der Waals surface area contributed by atoms with Crippen molar-refractivity contribution in [1.29, 1.82) is 0 Å². The molecule has 2 aliphatic heterocycles. The molecule has 144 valence electrons. The van der Waals surface area contributed by atoms with Crippen LogP contribution in [0.2, 0.25) is 0 Å². The number of aromatic nitrogens is 3. The van der Waals surface area contributed by atoms with E-state index in [0.717, 1.165) is 69.4 Å². The largest absolute Gasteiger partial charge is 0.497 e. The van der Waals surface area contributed by atoms with Crippen molar-refractivity contribution in [2.45, 2.75) is 45.3 Å². The van der Waals surface area contributed by atoms with E-state index < -0.39 is 0 Å². The zero-order chi connectivity index (χ0) is 18.8. The van der Waals surface area contributed by atoms with Crippen LogP contribution in [0.5, 0.6) is 5.75 Å². The maximum absolute atomic E-state index is 11.7. The first-order chi connectivity index (χ1) is 13.2. The van der Waals surface area contributed by atoms with Crippen molar-refractivity contribution in [2.75, 3.05) is 26.7 Å². The van der Waals surface area contributed by atoms with Gasteiger partial charge in [0.05, 0.1) is 13.2 Å². The van der Waals surface area contributed by atoms with E-state index in [4.69, 9.17) is 4.74 Å². The van der Waals surface area contributed by atoms with Crippen molar-refractivity contribution in [3.8, 4) is 5.75 Å². The summed E-state index contributed by atoms with van der Waals surface area (Å²) in [5, 5.41) is 9.01. The topological polar surface area (TPSA) is 63.5 Å². The first-order valence-corrected chi connectivity index (χ1v) is 9.70. The molecule has 7 heteroatoms. The molecule has 0 N–H and O–H groups in total. The lowest BCUT2D eigenvalue weighted by Gasteiger charge is -2.25. The maximum atomic E-state index is 11.7. The lowest BCUT2D eigenvalue weighted by atomic mass is 10.1. The zero-order valence-corrected chi connectivity index (χ0v) is 16.1. The highest BCUT2D eigenvalue weighted by Crippen LogP contribution is 2.33. The molecule has 1 aromatic heterocycles. The SMILES string of the molecule is COc1cccc(CN2CCCC2c2nnc3n2CCN(C(C)=O)CC3)c1. The highest BCUT2D eigenvalue weighted by molar-refractivity contribution is 5.73. The van der Waals surface area contributed by atoms with E-state index >= 15 is 0 Å². The van der Waals surface area contributed by atoms with Crippen LogP contribution in [0.4, 0.5) is 0 Å². The minimum Gasteiger partial charge on any atom is -0.497 e. The summed E-state index contributed by atoms with van der Waals surface area (Å²) in [7, 11) is 1.70. The molecule has 0 aliphatic carbocycles. The molecule has 1 unspecified atom stereocenters. The number of carbonyl (C=O) groups excluding carboxylic acids is 1. The Labute approximate surface area is 159 Å². The number of hydrogen-bond acceptors (Lipinski definition) is 5. The number of carbonyl (C=O) groups is 1. The average molecular weight is 369 g/mol. The Hall–Kier alpha value is -2.41. The van der Waals surface area contributed by atoms with Gasteiger partial charge in [0.1, 0.15) is 17.4 Å². The molecule has 4 rings (SSSR count). The number of benzene rings is 1. The summed E-state index contributed by atoms with van der Waals surface area (Å²) in [4.78, 5) is 16.1. The average Bonchev–Trinajstić information content (AvgIpc) is 3.22. The molecule has 2 aliphatic rings. The second kappa shape index (κ2) is 7.68. The fraction of sp³-hybridized carbons (Fsp3) is 0.550. The quantitative estimate of drug-likeness (QED) is 0.825. The fourth-order valence-electron chi connectivity index (χ4n) is 4.22. The van der Waals surface area contributed by atoms with E-state index in [-0.39, 0.29) is 11.9 Å². The Balaban J connectivity index is 1.53. The minimum absolute atomic E-state index is 0.135. The van der Waals surface area contributed by atoms with Crippen LogP contribution in [0.25, 0.3) is 0 Å². The van der Waals surface area contributed by atoms with Crippen molar-refractivity contribution in [2.24, 2.45) is 0 Å². The van der Waals surface area contributed by atoms with Gasteiger partial charge in [0, 0.05) is 39.5 Å². The van der Waals surface area contributed by atoms with Crippen LogP contribution in [-0.4, -0.2) is 57.2 Å². The molecule has 0 radical (unpaired) electrons. The smallest absolute Gasteiger partial charge is 0.219 e. The second-order valence-corrected chi connectivity index (χ2v) is 7.36. The van der Waals surface area contributed by atoms with Crippen molar-refractivity contribution in [3.05, 3.63) is 41.5 Å². The molecule has 1 fully saturated rings. The van der Waals surface area contributed by atoms with Crippen LogP contribution >= 0.6 is 0 Å². The number of likely N-dealkylation sites (tertiary alicyclic amines) is 1. The number of hydrogen-bond donors (Lipinski definition) is 0. The Kier molecular flexibility index (Phi) is 5.11. The van der Waals surface area contributed by atoms with Crippen LogP contribution in [0.1, 0.15) is 43.0 Å². The van der Waals surface area contributed by atoms with Crippen LogP contribution in [-0.2, 0) is 24.3 Å². The summed E-state index contributed by atoms with van der Waals surface area (Å²) in [6, 6.07) is 8.54. The summed E-state index contributed by atoms with van der Waals surface area (Å²) in [5.41, 5.74) is 1.25. The number of methoxy groups -OCH3 is 1. The van der Waals surface area contributed by atoms with Gasteiger partial charge in [-0.3, -0.25) is 9.69 Å². The number of rotatable bonds is 4. The van der Waals surface area contributed by atoms with Gasteiger partial charge in [-0.2, -0.15) is 0 Å². The van der Waals surface area contributed by atoms with Gasteiger partial charge >= 0.3 is 0 Å². The highest BCUT2D eigenvalue weighted by Gasteiger charge is 2.32. The standard InChI is InChI=1S/C20H27N5O2/c1-15(26)23-10-8-19-21-22-20(25(19)12-11-23)18-7-4-9-24(18)14-16-5-3-6-17(13-16)27-2/h3,5-6,13,18H,4,7-12,14H2,1-2H3. The molecular weight excluding hydrogens is 342 g/mol. The van der Waals surface area contributed by atoms with Crippen molar-refractivity contribution < 1.29 is 9.53 Å². The molecule has 1 saturated heterocycles. The Morgan fingerprint density at radius 2 is 2.11 bits per heavy atom. The normalized spacial score (nSPS) is 20.4. The van der Waals surface area contributed by atoms with Gasteiger partial charge in [-0.25, -0.2) is 0 Å². The van der Waals surface area contributed by atoms with Crippen LogP contribution < -0.4 is 4.74 Å². The van der Waals surface area contributed by atoms with E-state index in [1.165, 1.54) is 5.56 Å². The van der Waals surface area contributed by atoms with Crippen molar-refractivity contribution >= 4 is 5.91 Å². The van der Waals surface area contributed by atoms with Crippen LogP contribution in [0.15, 0.2) is 24.3 Å². The lowest BCUT2D eigenvalue weighted by molar-refractivity contribution is -0.128. The molecule has 0 spiro atoms. The summed E-state index contributed by atoms with van der Waals surface area (Å²) >= 11 is 0. The molecule has 0 saturated carbocycles. The Bertz CT molecular complexity index is 818. The third kappa shape index (κ3) is 3.69. The fourth-order valence-corrected chi connectivity index (χ4v) is 4.22. The van der Waals surface area contributed by atoms with Gasteiger partial charge < -0.3 is 14.2 Å². The molecule has 27 heavy (non-hydrogen) atoms. The first kappa shape index (κ1) is 18.0. The van der Waals surface area contributed by atoms with E-state index in [2.05, 4.69) is 31.8 Å². The number of ether oxygens (including phenoxy) is 1. The van der Waals surface area contributed by atoms with Crippen LogP contribution in [0.3, 0.4) is 0 Å². The molecule has 1 aromatic carbocycles. The molecule has 0 bridgehead atoms. The van der Waals surface area contributed by atoms with Gasteiger partial charge in [-0.05, 0) is 37.1 Å². The minimum atomic E-state index is 0.135. The predicted molar refractivity (Wildman–Crippen MR) is 101 cm³/mol. The molecular formula is C20H27N5O2. The summed E-state index contributed by atoms with van der Waals surface area (Å²) in [6.07, 6.45) is 3.03. The van der Waals surface area contributed by atoms with E-state index in [1.54, 1.807) is 14.0 Å².